The number of allylic oxidation sites excluding steroid dienone is 2. The third-order valence-corrected chi connectivity index (χ3v) is 7.23. The minimum absolute atomic E-state index is 0.101. The molecule has 0 spiro atoms. The van der Waals surface area contributed by atoms with E-state index in [-0.39, 0.29) is 11.6 Å². The molecule has 0 fully saturated rings. The molecule has 2 aliphatic rings. The first-order chi connectivity index (χ1) is 17.7. The molecule has 0 saturated heterocycles. The van der Waals surface area contributed by atoms with Crippen LogP contribution in [0.25, 0.3) is 23.3 Å². The fourth-order valence-corrected chi connectivity index (χ4v) is 5.26. The largest absolute Gasteiger partial charge is 0.289 e. The first-order valence-corrected chi connectivity index (χ1v) is 12.5. The lowest BCUT2D eigenvalue weighted by Gasteiger charge is -2.20. The summed E-state index contributed by atoms with van der Waals surface area (Å²) < 4.78 is 0. The zero-order valence-corrected chi connectivity index (χ0v) is 20.0. The van der Waals surface area contributed by atoms with Gasteiger partial charge in [-0.1, -0.05) is 84.9 Å². The molecular formula is C34H26O2. The van der Waals surface area contributed by atoms with E-state index in [1.165, 1.54) is 0 Å². The maximum atomic E-state index is 13.4. The van der Waals surface area contributed by atoms with Gasteiger partial charge in [0.2, 0.25) is 0 Å². The molecule has 174 valence electrons. The average molecular weight is 467 g/mol. The van der Waals surface area contributed by atoms with Gasteiger partial charge in [-0.2, -0.15) is 0 Å². The smallest absolute Gasteiger partial charge is 0.189 e. The molecule has 0 saturated carbocycles. The molecule has 0 aliphatic heterocycles. The normalized spacial score (nSPS) is 17.2. The summed E-state index contributed by atoms with van der Waals surface area (Å²) in [5.41, 5.74) is 9.47. The Hall–Kier alpha value is -4.30. The Kier molecular flexibility index (Phi) is 5.79. The lowest BCUT2D eigenvalue weighted by atomic mass is 9.82. The summed E-state index contributed by atoms with van der Waals surface area (Å²) >= 11 is 0. The summed E-state index contributed by atoms with van der Waals surface area (Å²) in [6, 6.07) is 32.3. The van der Waals surface area contributed by atoms with Gasteiger partial charge in [0.25, 0.3) is 0 Å². The molecule has 36 heavy (non-hydrogen) atoms. The quantitative estimate of drug-likeness (QED) is 0.289. The molecule has 2 aliphatic carbocycles. The minimum Gasteiger partial charge on any atom is -0.289 e. The highest BCUT2D eigenvalue weighted by atomic mass is 16.1. The molecule has 0 atom stereocenters. The van der Waals surface area contributed by atoms with Gasteiger partial charge in [-0.05, 0) is 83.3 Å². The molecule has 0 radical (unpaired) electrons. The molecule has 4 aromatic carbocycles. The Balaban J connectivity index is 1.33. The lowest BCUT2D eigenvalue weighted by Crippen LogP contribution is -2.15. The monoisotopic (exact) mass is 466 g/mol. The van der Waals surface area contributed by atoms with Crippen molar-refractivity contribution in [2.24, 2.45) is 0 Å². The second-order valence-electron chi connectivity index (χ2n) is 9.56. The summed E-state index contributed by atoms with van der Waals surface area (Å²) in [6.07, 6.45) is 7.24. The molecule has 6 rings (SSSR count). The van der Waals surface area contributed by atoms with E-state index in [1.807, 2.05) is 84.9 Å². The summed E-state index contributed by atoms with van der Waals surface area (Å²) in [7, 11) is 0. The van der Waals surface area contributed by atoms with Crippen molar-refractivity contribution < 1.29 is 9.59 Å². The van der Waals surface area contributed by atoms with Crippen LogP contribution in [-0.4, -0.2) is 11.6 Å². The Bertz CT molecular complexity index is 1420. The zero-order chi connectivity index (χ0) is 24.5. The standard InChI is InChI=1S/C34H26O2/c35-33-29(19-23-7-3-1-4-8-23)17-13-25-11-15-27(21-31(25)33)28-16-12-26-14-18-30(34(36)32(26)22-28)20-24-9-5-2-6-10-24/h1-12,15-16,19-22H,13-14,17-18H2. The lowest BCUT2D eigenvalue weighted by molar-refractivity contribution is 0.101. The van der Waals surface area contributed by atoms with Gasteiger partial charge in [0.1, 0.15) is 0 Å². The van der Waals surface area contributed by atoms with Crippen molar-refractivity contribution in [3.8, 4) is 11.1 Å². The molecule has 0 aromatic heterocycles. The van der Waals surface area contributed by atoms with E-state index < -0.39 is 0 Å². The van der Waals surface area contributed by atoms with E-state index in [9.17, 15) is 9.59 Å². The van der Waals surface area contributed by atoms with Gasteiger partial charge in [0.05, 0.1) is 0 Å². The second-order valence-corrected chi connectivity index (χ2v) is 9.56. The molecule has 4 aromatic rings. The maximum Gasteiger partial charge on any atom is 0.189 e. The Morgan fingerprint density at radius 2 is 0.889 bits per heavy atom. The Labute approximate surface area is 211 Å². The topological polar surface area (TPSA) is 34.1 Å². The number of fused-ring (bicyclic) bond motifs is 2. The second kappa shape index (κ2) is 9.39. The van der Waals surface area contributed by atoms with Crippen LogP contribution < -0.4 is 0 Å². The van der Waals surface area contributed by atoms with E-state index in [0.29, 0.717) is 0 Å². The number of carbonyl (C=O) groups excluding carboxylic acids is 2. The van der Waals surface area contributed by atoms with Crippen molar-refractivity contribution in [2.45, 2.75) is 25.7 Å². The first kappa shape index (κ1) is 22.2. The zero-order valence-electron chi connectivity index (χ0n) is 20.0. The molecule has 0 bridgehead atoms. The predicted molar refractivity (Wildman–Crippen MR) is 146 cm³/mol. The van der Waals surface area contributed by atoms with Crippen molar-refractivity contribution in [1.82, 2.24) is 0 Å². The van der Waals surface area contributed by atoms with Crippen LogP contribution in [0.4, 0.5) is 0 Å². The number of benzene rings is 4. The summed E-state index contributed by atoms with van der Waals surface area (Å²) in [5, 5.41) is 0. The highest BCUT2D eigenvalue weighted by Crippen LogP contribution is 2.34. The van der Waals surface area contributed by atoms with Crippen molar-refractivity contribution in [3.63, 3.8) is 0 Å². The van der Waals surface area contributed by atoms with Gasteiger partial charge in [0, 0.05) is 22.3 Å². The van der Waals surface area contributed by atoms with Crippen LogP contribution in [0.1, 0.15) is 55.8 Å². The van der Waals surface area contributed by atoms with E-state index in [4.69, 9.17) is 0 Å². The van der Waals surface area contributed by atoms with Crippen LogP contribution in [0.3, 0.4) is 0 Å². The van der Waals surface area contributed by atoms with Crippen LogP contribution in [0, 0.1) is 0 Å². The van der Waals surface area contributed by atoms with Crippen LogP contribution in [0.5, 0.6) is 0 Å². The summed E-state index contributed by atoms with van der Waals surface area (Å²) in [6.45, 7) is 0. The minimum atomic E-state index is 0.101. The number of ketones is 2. The summed E-state index contributed by atoms with van der Waals surface area (Å²) in [5.74, 6) is 0.202. The van der Waals surface area contributed by atoms with Gasteiger partial charge >= 0.3 is 0 Å². The SMILES string of the molecule is O=C1C(=Cc2ccccc2)CCc2ccc(-c3ccc4c(c3)C(=O)C(=Cc3ccccc3)CC4)cc21. The predicted octanol–water partition coefficient (Wildman–Crippen LogP) is 7.78. The molecule has 0 unspecified atom stereocenters. The molecular weight excluding hydrogens is 440 g/mol. The first-order valence-electron chi connectivity index (χ1n) is 12.5. The molecule has 0 amide bonds. The van der Waals surface area contributed by atoms with Gasteiger partial charge in [-0.25, -0.2) is 0 Å². The maximum absolute atomic E-state index is 13.4. The highest BCUT2D eigenvalue weighted by Gasteiger charge is 2.24. The third-order valence-electron chi connectivity index (χ3n) is 7.23. The van der Waals surface area contributed by atoms with Crippen molar-refractivity contribution in [3.05, 3.63) is 142 Å². The van der Waals surface area contributed by atoms with Crippen LogP contribution >= 0.6 is 0 Å². The number of aryl methyl sites for hydroxylation is 2. The van der Waals surface area contributed by atoms with Gasteiger partial charge in [-0.15, -0.1) is 0 Å². The van der Waals surface area contributed by atoms with Gasteiger partial charge in [-0.3, -0.25) is 9.59 Å². The van der Waals surface area contributed by atoms with Crippen molar-refractivity contribution in [2.75, 3.05) is 0 Å². The van der Waals surface area contributed by atoms with E-state index in [2.05, 4.69) is 24.3 Å². The van der Waals surface area contributed by atoms with E-state index >= 15 is 0 Å². The van der Waals surface area contributed by atoms with Crippen LogP contribution in [0.2, 0.25) is 0 Å². The molecule has 0 N–H and O–H groups in total. The number of hydrogen-bond acceptors (Lipinski definition) is 2. The van der Waals surface area contributed by atoms with Crippen LogP contribution in [-0.2, 0) is 12.8 Å². The highest BCUT2D eigenvalue weighted by molar-refractivity contribution is 6.15. The van der Waals surface area contributed by atoms with Gasteiger partial charge in [0.15, 0.2) is 11.6 Å². The van der Waals surface area contributed by atoms with E-state index in [0.717, 1.165) is 81.3 Å². The van der Waals surface area contributed by atoms with Crippen molar-refractivity contribution >= 4 is 23.7 Å². The molecule has 2 nitrogen and oxygen atoms in total. The fourth-order valence-electron chi connectivity index (χ4n) is 5.26. The number of hydrogen-bond donors (Lipinski definition) is 0. The Morgan fingerprint density at radius 1 is 0.472 bits per heavy atom. The van der Waals surface area contributed by atoms with Crippen molar-refractivity contribution in [1.29, 1.82) is 0 Å². The number of Topliss-reactive ketones (excluding diaryl/α,β-unsaturated/α-hetero) is 2. The third kappa shape index (κ3) is 4.27. The number of carbonyl (C=O) groups is 2. The van der Waals surface area contributed by atoms with E-state index in [1.54, 1.807) is 0 Å². The van der Waals surface area contributed by atoms with Gasteiger partial charge < -0.3 is 0 Å². The van der Waals surface area contributed by atoms with Crippen LogP contribution in [0.15, 0.2) is 108 Å². The summed E-state index contributed by atoms with van der Waals surface area (Å²) in [4.78, 5) is 26.8. The average Bonchev–Trinajstić information content (AvgIpc) is 2.93. The molecule has 0 heterocycles. The number of rotatable bonds is 3. The Morgan fingerprint density at radius 3 is 1.31 bits per heavy atom. The fraction of sp³-hybridized carbons (Fsp3) is 0.118. The molecule has 2 heteroatoms.